The number of thioether (sulfide) groups is 1. The number of benzene rings is 1. The smallest absolute Gasteiger partial charge is 0.322 e. The van der Waals surface area contributed by atoms with Gasteiger partial charge in [-0.25, -0.2) is 4.79 Å². The summed E-state index contributed by atoms with van der Waals surface area (Å²) in [5.74, 6) is -0.295. The maximum atomic E-state index is 11.3. The molecule has 0 aliphatic carbocycles. The van der Waals surface area contributed by atoms with E-state index < -0.39 is 12.1 Å². The highest BCUT2D eigenvalue weighted by molar-refractivity contribution is 7.98. The van der Waals surface area contributed by atoms with Crippen LogP contribution in [0.4, 0.5) is 4.79 Å². The van der Waals surface area contributed by atoms with Gasteiger partial charge in [0.25, 0.3) is 5.91 Å². The van der Waals surface area contributed by atoms with Gasteiger partial charge in [0, 0.05) is 4.90 Å². The minimum atomic E-state index is -0.548. The Bertz CT molecular complexity index is 402. The van der Waals surface area contributed by atoms with E-state index in [1.807, 2.05) is 30.5 Å². The van der Waals surface area contributed by atoms with Crippen LogP contribution >= 0.6 is 11.8 Å². The highest BCUT2D eigenvalue weighted by atomic mass is 32.2. The van der Waals surface area contributed by atoms with E-state index in [-0.39, 0.29) is 5.91 Å². The minimum Gasteiger partial charge on any atom is -0.322 e. The Hall–Kier alpha value is -1.49. The Morgan fingerprint density at radius 2 is 1.87 bits per heavy atom. The Balaban J connectivity index is 2.22. The summed E-state index contributed by atoms with van der Waals surface area (Å²) in [6.07, 6.45) is 1.99. The van der Waals surface area contributed by atoms with Crippen molar-refractivity contribution in [3.8, 4) is 0 Å². The molecule has 1 aliphatic heterocycles. The summed E-state index contributed by atoms with van der Waals surface area (Å²) >= 11 is 1.63. The first kappa shape index (κ1) is 10.0. The number of hydrogen-bond donors (Lipinski definition) is 2. The van der Waals surface area contributed by atoms with Crippen LogP contribution in [0.15, 0.2) is 29.2 Å². The predicted octanol–water partition coefficient (Wildman–Crippen LogP) is 1.29. The van der Waals surface area contributed by atoms with Gasteiger partial charge in [-0.3, -0.25) is 10.1 Å². The van der Waals surface area contributed by atoms with Gasteiger partial charge in [0.05, 0.1) is 0 Å². The molecule has 1 fully saturated rings. The molecule has 1 aliphatic rings. The molecule has 0 saturated carbocycles. The van der Waals surface area contributed by atoms with E-state index >= 15 is 0 Å². The second-order valence-corrected chi connectivity index (χ2v) is 4.05. The molecule has 78 valence electrons. The number of nitrogens with one attached hydrogen (secondary N) is 2. The van der Waals surface area contributed by atoms with E-state index in [1.54, 1.807) is 11.8 Å². The monoisotopic (exact) mass is 222 g/mol. The first-order chi connectivity index (χ1) is 7.20. The summed E-state index contributed by atoms with van der Waals surface area (Å²) in [4.78, 5) is 23.4. The normalized spacial score (nSPS) is 19.9. The van der Waals surface area contributed by atoms with Gasteiger partial charge in [-0.15, -0.1) is 11.8 Å². The first-order valence-corrected chi connectivity index (χ1v) is 5.68. The molecule has 0 unspecified atom stereocenters. The molecule has 3 amide bonds. The Kier molecular flexibility index (Phi) is 2.64. The fourth-order valence-electron chi connectivity index (χ4n) is 1.45. The first-order valence-electron chi connectivity index (χ1n) is 4.46. The maximum Gasteiger partial charge on any atom is 0.322 e. The SMILES string of the molecule is CSc1ccc([C@H]2NC(=O)NC2=O)cc1. The van der Waals surface area contributed by atoms with Crippen LogP contribution in [-0.2, 0) is 4.79 Å². The molecule has 1 atom stereocenters. The predicted molar refractivity (Wildman–Crippen MR) is 57.6 cm³/mol. The summed E-state index contributed by atoms with van der Waals surface area (Å²) < 4.78 is 0. The van der Waals surface area contributed by atoms with Crippen LogP contribution in [-0.4, -0.2) is 18.2 Å². The second kappa shape index (κ2) is 3.94. The Morgan fingerprint density at radius 3 is 2.33 bits per heavy atom. The zero-order valence-corrected chi connectivity index (χ0v) is 8.93. The zero-order chi connectivity index (χ0) is 10.8. The molecule has 0 radical (unpaired) electrons. The second-order valence-electron chi connectivity index (χ2n) is 3.17. The van der Waals surface area contributed by atoms with Gasteiger partial charge in [0.15, 0.2) is 0 Å². The van der Waals surface area contributed by atoms with E-state index in [9.17, 15) is 9.59 Å². The van der Waals surface area contributed by atoms with Crippen molar-refractivity contribution < 1.29 is 9.59 Å². The third kappa shape index (κ3) is 1.97. The number of carbonyl (C=O) groups is 2. The van der Waals surface area contributed by atoms with Crippen molar-refractivity contribution in [3.05, 3.63) is 29.8 Å². The average molecular weight is 222 g/mol. The van der Waals surface area contributed by atoms with Crippen LogP contribution in [0.3, 0.4) is 0 Å². The number of imide groups is 1. The topological polar surface area (TPSA) is 58.2 Å². The molecule has 0 spiro atoms. The molecule has 1 aromatic rings. The molecule has 0 aromatic heterocycles. The van der Waals surface area contributed by atoms with Crippen molar-refractivity contribution in [2.75, 3.05) is 6.26 Å². The average Bonchev–Trinajstić information content (AvgIpc) is 2.58. The fraction of sp³-hybridized carbons (Fsp3) is 0.200. The minimum absolute atomic E-state index is 0.295. The molecule has 5 heteroatoms. The molecule has 1 aromatic carbocycles. The van der Waals surface area contributed by atoms with Gasteiger partial charge < -0.3 is 5.32 Å². The molecule has 1 saturated heterocycles. The van der Waals surface area contributed by atoms with Crippen LogP contribution in [0.25, 0.3) is 0 Å². The molecule has 0 bridgehead atoms. The highest BCUT2D eigenvalue weighted by Gasteiger charge is 2.30. The summed E-state index contributed by atoms with van der Waals surface area (Å²) in [5, 5.41) is 4.75. The number of hydrogen-bond acceptors (Lipinski definition) is 3. The molecule has 1 heterocycles. The van der Waals surface area contributed by atoms with Gasteiger partial charge >= 0.3 is 6.03 Å². The molecular weight excluding hydrogens is 212 g/mol. The third-order valence-electron chi connectivity index (χ3n) is 2.22. The molecule has 15 heavy (non-hydrogen) atoms. The van der Waals surface area contributed by atoms with E-state index in [1.165, 1.54) is 0 Å². The van der Waals surface area contributed by atoms with Gasteiger partial charge in [0.1, 0.15) is 6.04 Å². The van der Waals surface area contributed by atoms with Crippen molar-refractivity contribution in [2.24, 2.45) is 0 Å². The van der Waals surface area contributed by atoms with Gasteiger partial charge in [-0.2, -0.15) is 0 Å². The molecule has 4 nitrogen and oxygen atoms in total. The number of amides is 3. The van der Waals surface area contributed by atoms with Gasteiger partial charge in [0.2, 0.25) is 0 Å². The molecule has 2 N–H and O–H groups in total. The lowest BCUT2D eigenvalue weighted by atomic mass is 10.1. The largest absolute Gasteiger partial charge is 0.322 e. The Morgan fingerprint density at radius 1 is 1.20 bits per heavy atom. The van der Waals surface area contributed by atoms with Crippen LogP contribution in [0, 0.1) is 0 Å². The standard InChI is InChI=1S/C10H10N2O2S/c1-15-7-4-2-6(3-5-7)8-9(13)12-10(14)11-8/h2-5,8H,1H3,(H2,11,12,13,14)/t8-/m1/s1. The number of rotatable bonds is 2. The summed E-state index contributed by atoms with van der Waals surface area (Å²) in [5.41, 5.74) is 0.802. The molecular formula is C10H10N2O2S. The highest BCUT2D eigenvalue weighted by Crippen LogP contribution is 2.20. The lowest BCUT2D eigenvalue weighted by Crippen LogP contribution is -2.22. The van der Waals surface area contributed by atoms with E-state index in [4.69, 9.17) is 0 Å². The van der Waals surface area contributed by atoms with Crippen LogP contribution in [0.1, 0.15) is 11.6 Å². The van der Waals surface area contributed by atoms with E-state index in [0.29, 0.717) is 0 Å². The van der Waals surface area contributed by atoms with Crippen LogP contribution < -0.4 is 10.6 Å². The summed E-state index contributed by atoms with van der Waals surface area (Å²) in [6.45, 7) is 0. The lowest BCUT2D eigenvalue weighted by molar-refractivity contribution is -0.120. The van der Waals surface area contributed by atoms with Crippen LogP contribution in [0.5, 0.6) is 0 Å². The van der Waals surface area contributed by atoms with E-state index in [0.717, 1.165) is 10.5 Å². The number of carbonyl (C=O) groups excluding carboxylic acids is 2. The quantitative estimate of drug-likeness (QED) is 0.585. The maximum absolute atomic E-state index is 11.3. The van der Waals surface area contributed by atoms with Crippen molar-refractivity contribution >= 4 is 23.7 Å². The van der Waals surface area contributed by atoms with Crippen molar-refractivity contribution in [1.29, 1.82) is 0 Å². The van der Waals surface area contributed by atoms with Gasteiger partial charge in [-0.1, -0.05) is 12.1 Å². The van der Waals surface area contributed by atoms with E-state index in [2.05, 4.69) is 10.6 Å². The third-order valence-corrected chi connectivity index (χ3v) is 2.97. The Labute approximate surface area is 91.4 Å². The summed E-state index contributed by atoms with van der Waals surface area (Å²) in [7, 11) is 0. The van der Waals surface area contributed by atoms with Gasteiger partial charge in [-0.05, 0) is 24.0 Å². The lowest BCUT2D eigenvalue weighted by Gasteiger charge is -2.07. The summed E-state index contributed by atoms with van der Waals surface area (Å²) in [6, 6.07) is 6.58. The molecule has 2 rings (SSSR count). The van der Waals surface area contributed by atoms with Crippen molar-refractivity contribution in [2.45, 2.75) is 10.9 Å². The fourth-order valence-corrected chi connectivity index (χ4v) is 1.86. The van der Waals surface area contributed by atoms with Crippen molar-refractivity contribution in [1.82, 2.24) is 10.6 Å². The van der Waals surface area contributed by atoms with Crippen LogP contribution in [0.2, 0.25) is 0 Å². The number of urea groups is 1. The van der Waals surface area contributed by atoms with Crippen molar-refractivity contribution in [3.63, 3.8) is 0 Å². The zero-order valence-electron chi connectivity index (χ0n) is 8.11.